The first-order valence-electron chi connectivity index (χ1n) is 13.2. The third-order valence-electron chi connectivity index (χ3n) is 5.24. The van der Waals surface area contributed by atoms with Crippen LogP contribution in [0.4, 0.5) is 16.2 Å². The lowest BCUT2D eigenvalue weighted by Gasteiger charge is -2.12. The first kappa shape index (κ1) is 32.5. The summed E-state index contributed by atoms with van der Waals surface area (Å²) in [6.07, 6.45) is 12.4. The fourth-order valence-electron chi connectivity index (χ4n) is 3.23. The summed E-state index contributed by atoms with van der Waals surface area (Å²) < 4.78 is 16.7. The van der Waals surface area contributed by atoms with Gasteiger partial charge in [-0.05, 0) is 68.8 Å². The predicted octanol–water partition coefficient (Wildman–Crippen LogP) is 6.88. The monoisotopic (exact) mass is 582 g/mol. The van der Waals surface area contributed by atoms with Gasteiger partial charge in [0.25, 0.3) is 5.56 Å². The summed E-state index contributed by atoms with van der Waals surface area (Å²) in [6.45, 7) is 12.9. The smallest absolute Gasteiger partial charge is 0.331 e. The number of nitrogens with one attached hydrogen (secondary N) is 3. The number of benzene rings is 1. The molecular weight excluding hydrogens is 544 g/mol. The molecule has 0 radical (unpaired) electrons. The Morgan fingerprint density at radius 2 is 1.82 bits per heavy atom. The Hall–Kier alpha value is -3.70. The van der Waals surface area contributed by atoms with Gasteiger partial charge in [-0.15, -0.1) is 0 Å². The molecule has 0 aliphatic carbocycles. The largest absolute Gasteiger partial charge is 0.385 e. The molecule has 2 amide bonds. The molecule has 9 nitrogen and oxygen atoms in total. The molecule has 0 fully saturated rings. The summed E-state index contributed by atoms with van der Waals surface area (Å²) in [4.78, 5) is 34.9. The van der Waals surface area contributed by atoms with Crippen LogP contribution >= 0.6 is 11.8 Å². The second-order valence-corrected chi connectivity index (χ2v) is 10.9. The summed E-state index contributed by atoms with van der Waals surface area (Å²) in [5, 5.41) is 6.36. The van der Waals surface area contributed by atoms with Gasteiger partial charge in [-0.3, -0.25) is 14.1 Å². The Balaban J connectivity index is 0.000000858. The van der Waals surface area contributed by atoms with E-state index in [1.807, 2.05) is 71.1 Å². The Morgan fingerprint density at radius 1 is 1.10 bits per heavy atom. The molecule has 11 heteroatoms. The van der Waals surface area contributed by atoms with Gasteiger partial charge in [0.1, 0.15) is 12.1 Å². The molecule has 0 saturated heterocycles. The molecule has 40 heavy (non-hydrogen) atoms. The van der Waals surface area contributed by atoms with Gasteiger partial charge in [-0.25, -0.2) is 19.0 Å². The number of allylic oxidation sites excluding steroid dienone is 5. The summed E-state index contributed by atoms with van der Waals surface area (Å²) in [7, 11) is -1.64. The number of fused-ring (bicyclic) bond motifs is 1. The second-order valence-electron chi connectivity index (χ2n) is 8.15. The van der Waals surface area contributed by atoms with E-state index in [1.165, 1.54) is 28.9 Å². The van der Waals surface area contributed by atoms with Crippen LogP contribution in [0, 0.1) is 0 Å². The first-order chi connectivity index (χ1) is 19.4. The van der Waals surface area contributed by atoms with Gasteiger partial charge in [-0.2, -0.15) is 0 Å². The molecule has 3 aromatic rings. The van der Waals surface area contributed by atoms with Crippen molar-refractivity contribution in [2.24, 2.45) is 0 Å². The minimum Gasteiger partial charge on any atom is -0.385 e. The minimum atomic E-state index is -1.64. The van der Waals surface area contributed by atoms with Crippen LogP contribution in [0.15, 0.2) is 81.1 Å². The molecule has 214 valence electrons. The summed E-state index contributed by atoms with van der Waals surface area (Å²) in [6, 6.07) is 8.05. The van der Waals surface area contributed by atoms with Crippen molar-refractivity contribution in [1.82, 2.24) is 19.3 Å². The zero-order chi connectivity index (χ0) is 29.5. The maximum absolute atomic E-state index is 12.9. The molecule has 1 aliphatic rings. The quantitative estimate of drug-likeness (QED) is 0.260. The SMILES string of the molecule is C/C=C/C.CC.CCCNc1ccc2c(=O)n(-c3ccc(NC(=O)NS(=O)C4=CCC=C(C)S4)cn3)cnc2c1. The molecule has 3 N–H and O–H groups in total. The van der Waals surface area contributed by atoms with Crippen LogP contribution in [-0.4, -0.2) is 31.3 Å². The Morgan fingerprint density at radius 3 is 2.45 bits per heavy atom. The summed E-state index contributed by atoms with van der Waals surface area (Å²) in [5.41, 5.74) is 1.67. The number of nitrogens with zero attached hydrogens (tertiary/aromatic N) is 3. The van der Waals surface area contributed by atoms with E-state index in [4.69, 9.17) is 0 Å². The van der Waals surface area contributed by atoms with Crippen molar-refractivity contribution in [3.8, 4) is 5.82 Å². The zero-order valence-electron chi connectivity index (χ0n) is 23.9. The summed E-state index contributed by atoms with van der Waals surface area (Å²) in [5.74, 6) is 0.369. The van der Waals surface area contributed by atoms with Gasteiger partial charge in [0, 0.05) is 12.2 Å². The van der Waals surface area contributed by atoms with Crippen LogP contribution < -0.4 is 20.9 Å². The van der Waals surface area contributed by atoms with Crippen molar-refractivity contribution in [1.29, 1.82) is 0 Å². The number of thioether (sulfide) groups is 1. The fraction of sp³-hybridized carbons (Fsp3) is 0.310. The molecule has 1 aromatic carbocycles. The highest BCUT2D eigenvalue weighted by atomic mass is 32.2. The van der Waals surface area contributed by atoms with E-state index in [9.17, 15) is 13.8 Å². The number of anilines is 2. The van der Waals surface area contributed by atoms with Crippen LogP contribution in [0.1, 0.15) is 54.4 Å². The van der Waals surface area contributed by atoms with Gasteiger partial charge in [0.15, 0.2) is 11.0 Å². The molecule has 1 unspecified atom stereocenters. The van der Waals surface area contributed by atoms with Crippen LogP contribution in [-0.2, 0) is 11.0 Å². The fourth-order valence-corrected chi connectivity index (χ4v) is 5.30. The van der Waals surface area contributed by atoms with Crippen molar-refractivity contribution in [2.75, 3.05) is 17.2 Å². The van der Waals surface area contributed by atoms with E-state index in [-0.39, 0.29) is 5.56 Å². The molecule has 0 spiro atoms. The lowest BCUT2D eigenvalue weighted by Crippen LogP contribution is -2.31. The van der Waals surface area contributed by atoms with E-state index in [0.717, 1.165) is 23.6 Å². The van der Waals surface area contributed by atoms with Crippen molar-refractivity contribution in [3.05, 3.63) is 86.7 Å². The van der Waals surface area contributed by atoms with Gasteiger partial charge >= 0.3 is 6.03 Å². The highest BCUT2D eigenvalue weighted by Crippen LogP contribution is 2.31. The Bertz CT molecular complexity index is 1440. The molecule has 1 atom stereocenters. The number of hydrogen-bond acceptors (Lipinski definition) is 7. The van der Waals surface area contributed by atoms with Gasteiger partial charge in [0.2, 0.25) is 0 Å². The maximum Gasteiger partial charge on any atom is 0.331 e. The number of pyridine rings is 1. The lowest BCUT2D eigenvalue weighted by molar-refractivity contribution is 0.257. The molecule has 1 aliphatic heterocycles. The topological polar surface area (TPSA) is 118 Å². The van der Waals surface area contributed by atoms with Crippen molar-refractivity contribution < 1.29 is 9.00 Å². The van der Waals surface area contributed by atoms with Gasteiger partial charge < -0.3 is 10.6 Å². The number of hydrogen-bond donors (Lipinski definition) is 3. The Kier molecular flexibility index (Phi) is 13.9. The number of amides is 2. The highest BCUT2D eigenvalue weighted by Gasteiger charge is 2.15. The first-order valence-corrected chi connectivity index (χ1v) is 15.2. The van der Waals surface area contributed by atoms with Crippen LogP contribution in [0.25, 0.3) is 16.7 Å². The molecular formula is C29H38N6O3S2. The van der Waals surface area contributed by atoms with Crippen LogP contribution in [0.3, 0.4) is 0 Å². The lowest BCUT2D eigenvalue weighted by atomic mass is 10.2. The van der Waals surface area contributed by atoms with Crippen LogP contribution in [0.5, 0.6) is 0 Å². The van der Waals surface area contributed by atoms with E-state index < -0.39 is 17.0 Å². The van der Waals surface area contributed by atoms with Crippen molar-refractivity contribution in [2.45, 2.75) is 54.4 Å². The standard InChI is InChI=1S/C23H24N6O3S2.C4H8.C2H6/c1-3-11-24-16-7-9-18-19(12-16)26-14-29(22(18)30)20-10-8-17(13-25-20)27-23(31)28-34(32)21-6-4-5-15(2)33-21;1-3-4-2;1-2/h5-10,12-14,24H,3-4,11H2,1-2H3,(H2,27,28,31);3-4H,1-2H3;1-2H3/b;4-3+;. The van der Waals surface area contributed by atoms with E-state index >= 15 is 0 Å². The predicted molar refractivity (Wildman–Crippen MR) is 170 cm³/mol. The highest BCUT2D eigenvalue weighted by molar-refractivity contribution is 8.18. The van der Waals surface area contributed by atoms with E-state index in [0.29, 0.717) is 33.1 Å². The molecule has 4 rings (SSSR count). The van der Waals surface area contributed by atoms with Crippen molar-refractivity contribution >= 4 is 51.1 Å². The van der Waals surface area contributed by atoms with E-state index in [2.05, 4.69) is 32.2 Å². The minimum absolute atomic E-state index is 0.240. The Labute approximate surface area is 242 Å². The second kappa shape index (κ2) is 17.1. The maximum atomic E-state index is 12.9. The number of aromatic nitrogens is 3. The average molecular weight is 583 g/mol. The average Bonchev–Trinajstić information content (AvgIpc) is 2.98. The number of rotatable bonds is 7. The van der Waals surface area contributed by atoms with Crippen molar-refractivity contribution in [3.63, 3.8) is 0 Å². The van der Waals surface area contributed by atoms with Gasteiger partial charge in [-0.1, -0.05) is 56.8 Å². The zero-order valence-corrected chi connectivity index (χ0v) is 25.5. The molecule has 0 bridgehead atoms. The molecule has 0 saturated carbocycles. The third kappa shape index (κ3) is 9.49. The number of carbonyl (C=O) groups is 1. The third-order valence-corrected chi connectivity index (χ3v) is 7.71. The number of urea groups is 1. The molecule has 3 heterocycles. The normalized spacial score (nSPS) is 13.2. The number of carbonyl (C=O) groups excluding carboxylic acids is 1. The molecule has 2 aromatic heterocycles. The van der Waals surface area contributed by atoms with Gasteiger partial charge in [0.05, 0.1) is 27.0 Å². The summed E-state index contributed by atoms with van der Waals surface area (Å²) >= 11 is 1.37. The van der Waals surface area contributed by atoms with Crippen LogP contribution in [0.2, 0.25) is 0 Å². The van der Waals surface area contributed by atoms with E-state index in [1.54, 1.807) is 18.2 Å².